The molecule has 0 amide bonds. The van der Waals surface area contributed by atoms with Crippen molar-refractivity contribution in [3.05, 3.63) is 18.0 Å². The first-order valence-corrected chi connectivity index (χ1v) is 4.64. The van der Waals surface area contributed by atoms with E-state index in [4.69, 9.17) is 5.11 Å². The summed E-state index contributed by atoms with van der Waals surface area (Å²) in [4.78, 5) is 11.0. The molecule has 0 bridgehead atoms. The van der Waals surface area contributed by atoms with Gasteiger partial charge in [0.2, 0.25) is 0 Å². The van der Waals surface area contributed by atoms with E-state index in [1.54, 1.807) is 24.6 Å². The Morgan fingerprint density at radius 2 is 2.14 bits per heavy atom. The molecule has 0 aliphatic heterocycles. The third kappa shape index (κ3) is 1.78. The highest BCUT2D eigenvalue weighted by atomic mass is 16.4. The lowest BCUT2D eigenvalue weighted by molar-refractivity contribution is -0.142. The largest absolute Gasteiger partial charge is 0.481 e. The van der Waals surface area contributed by atoms with Gasteiger partial charge in [0.05, 0.1) is 5.69 Å². The smallest absolute Gasteiger partial charge is 0.315 e. The minimum atomic E-state index is -0.917. The van der Waals surface area contributed by atoms with Crippen LogP contribution >= 0.6 is 0 Å². The number of aromatic nitrogens is 2. The summed E-state index contributed by atoms with van der Waals surface area (Å²) in [5.41, 5.74) is -0.321. The Kier molecular flexibility index (Phi) is 2.64. The van der Waals surface area contributed by atoms with E-state index in [9.17, 15) is 4.79 Å². The molecule has 0 radical (unpaired) electrons. The van der Waals surface area contributed by atoms with Crippen LogP contribution in [0.3, 0.4) is 0 Å². The molecule has 1 aromatic heterocycles. The molecule has 0 atom stereocenters. The van der Waals surface area contributed by atoms with Gasteiger partial charge in [-0.1, -0.05) is 0 Å². The number of rotatable bonds is 3. The first-order valence-electron chi connectivity index (χ1n) is 4.64. The number of hydrogen-bond donors (Lipinski definition) is 1. The van der Waals surface area contributed by atoms with E-state index in [1.807, 2.05) is 20.0 Å². The van der Waals surface area contributed by atoms with E-state index in [0.29, 0.717) is 5.69 Å². The lowest BCUT2D eigenvalue weighted by Gasteiger charge is -2.16. The van der Waals surface area contributed by atoms with Gasteiger partial charge in [0.1, 0.15) is 5.41 Å². The van der Waals surface area contributed by atoms with Gasteiger partial charge in [0.15, 0.2) is 0 Å². The van der Waals surface area contributed by atoms with Crippen LogP contribution in [0.15, 0.2) is 12.3 Å². The number of carboxylic acid groups (broad SMARTS) is 1. The third-order valence-corrected chi connectivity index (χ3v) is 2.31. The van der Waals surface area contributed by atoms with E-state index < -0.39 is 11.4 Å². The summed E-state index contributed by atoms with van der Waals surface area (Å²) in [6.45, 7) is 7.32. The Hall–Kier alpha value is -1.32. The Bertz CT molecular complexity index is 340. The summed E-state index contributed by atoms with van der Waals surface area (Å²) in [5.74, 6) is -0.855. The molecule has 0 fully saturated rings. The molecule has 1 heterocycles. The molecule has 0 saturated heterocycles. The average Bonchev–Trinajstić information content (AvgIpc) is 2.51. The van der Waals surface area contributed by atoms with Gasteiger partial charge < -0.3 is 5.11 Å². The van der Waals surface area contributed by atoms with Crippen LogP contribution in [-0.2, 0) is 10.2 Å². The monoisotopic (exact) mass is 196 g/mol. The molecule has 1 N–H and O–H groups in total. The van der Waals surface area contributed by atoms with Crippen LogP contribution in [0.2, 0.25) is 0 Å². The molecular weight excluding hydrogens is 180 g/mol. The van der Waals surface area contributed by atoms with Crippen LogP contribution in [0.4, 0.5) is 0 Å². The summed E-state index contributed by atoms with van der Waals surface area (Å²) in [5, 5.41) is 13.2. The molecule has 14 heavy (non-hydrogen) atoms. The molecule has 0 aliphatic carbocycles. The molecule has 0 spiro atoms. The Labute approximate surface area is 83.5 Å². The van der Waals surface area contributed by atoms with E-state index in [1.165, 1.54) is 0 Å². The molecule has 0 saturated carbocycles. The van der Waals surface area contributed by atoms with Gasteiger partial charge in [-0.05, 0) is 33.8 Å². The fourth-order valence-corrected chi connectivity index (χ4v) is 1.07. The summed E-state index contributed by atoms with van der Waals surface area (Å²) in [6.07, 6.45) is 1.81. The zero-order chi connectivity index (χ0) is 10.9. The molecule has 0 aliphatic rings. The summed E-state index contributed by atoms with van der Waals surface area (Å²) in [7, 11) is 0. The van der Waals surface area contributed by atoms with Crippen LogP contribution in [0.25, 0.3) is 0 Å². The number of carbonyl (C=O) groups is 1. The van der Waals surface area contributed by atoms with Crippen LogP contribution in [-0.4, -0.2) is 20.9 Å². The number of carboxylic acids is 1. The van der Waals surface area contributed by atoms with Gasteiger partial charge in [-0.25, -0.2) is 0 Å². The SMILES string of the molecule is CC(C)n1ccc(C(C)(C)C(=O)O)n1. The van der Waals surface area contributed by atoms with Gasteiger partial charge in [-0.3, -0.25) is 9.48 Å². The van der Waals surface area contributed by atoms with Gasteiger partial charge in [-0.15, -0.1) is 0 Å². The topological polar surface area (TPSA) is 55.1 Å². The number of hydrogen-bond acceptors (Lipinski definition) is 2. The summed E-state index contributed by atoms with van der Waals surface area (Å²) in [6, 6.07) is 2.02. The first kappa shape index (κ1) is 10.8. The van der Waals surface area contributed by atoms with Gasteiger partial charge in [-0.2, -0.15) is 5.10 Å². The van der Waals surface area contributed by atoms with Crippen molar-refractivity contribution in [2.24, 2.45) is 0 Å². The molecule has 4 nitrogen and oxygen atoms in total. The van der Waals surface area contributed by atoms with Crippen molar-refractivity contribution in [1.82, 2.24) is 9.78 Å². The van der Waals surface area contributed by atoms with Gasteiger partial charge >= 0.3 is 5.97 Å². The summed E-state index contributed by atoms with van der Waals surface area (Å²) < 4.78 is 1.76. The fraction of sp³-hybridized carbons (Fsp3) is 0.600. The van der Waals surface area contributed by atoms with Gasteiger partial charge in [0, 0.05) is 12.2 Å². The Morgan fingerprint density at radius 1 is 1.57 bits per heavy atom. The Balaban J connectivity index is 3.03. The van der Waals surface area contributed by atoms with Crippen molar-refractivity contribution in [3.8, 4) is 0 Å². The lowest BCUT2D eigenvalue weighted by Crippen LogP contribution is -2.29. The first-order chi connectivity index (χ1) is 6.35. The van der Waals surface area contributed by atoms with Crippen molar-refractivity contribution >= 4 is 5.97 Å². The van der Waals surface area contributed by atoms with Crippen LogP contribution in [0.5, 0.6) is 0 Å². The predicted octanol–water partition coefficient (Wildman–Crippen LogP) is 1.83. The quantitative estimate of drug-likeness (QED) is 0.802. The maximum Gasteiger partial charge on any atom is 0.315 e. The average molecular weight is 196 g/mol. The second-order valence-electron chi connectivity index (χ2n) is 4.20. The van der Waals surface area contributed by atoms with Gasteiger partial charge in [0.25, 0.3) is 0 Å². The molecule has 0 unspecified atom stereocenters. The van der Waals surface area contributed by atoms with Crippen molar-refractivity contribution in [3.63, 3.8) is 0 Å². The maximum atomic E-state index is 11.0. The molecule has 1 aromatic rings. The molecule has 0 aromatic carbocycles. The third-order valence-electron chi connectivity index (χ3n) is 2.31. The zero-order valence-corrected chi connectivity index (χ0v) is 8.98. The van der Waals surface area contributed by atoms with Crippen LogP contribution in [0.1, 0.15) is 39.4 Å². The minimum absolute atomic E-state index is 0.258. The van der Waals surface area contributed by atoms with E-state index in [2.05, 4.69) is 5.10 Å². The van der Waals surface area contributed by atoms with Crippen molar-refractivity contribution < 1.29 is 9.90 Å². The van der Waals surface area contributed by atoms with Crippen molar-refractivity contribution in [2.75, 3.05) is 0 Å². The molecule has 78 valence electrons. The van der Waals surface area contributed by atoms with Crippen molar-refractivity contribution in [2.45, 2.75) is 39.2 Å². The van der Waals surface area contributed by atoms with E-state index in [-0.39, 0.29) is 6.04 Å². The second kappa shape index (κ2) is 3.44. The predicted molar refractivity (Wildman–Crippen MR) is 53.3 cm³/mol. The zero-order valence-electron chi connectivity index (χ0n) is 8.98. The number of aliphatic carboxylic acids is 1. The maximum absolute atomic E-state index is 11.0. The highest BCUT2D eigenvalue weighted by molar-refractivity contribution is 5.79. The number of nitrogens with zero attached hydrogens (tertiary/aromatic N) is 2. The molecular formula is C10H16N2O2. The van der Waals surface area contributed by atoms with Crippen LogP contribution < -0.4 is 0 Å². The van der Waals surface area contributed by atoms with Crippen LogP contribution in [0, 0.1) is 0 Å². The Morgan fingerprint density at radius 3 is 2.50 bits per heavy atom. The minimum Gasteiger partial charge on any atom is -0.481 e. The second-order valence-corrected chi connectivity index (χ2v) is 4.20. The molecule has 4 heteroatoms. The van der Waals surface area contributed by atoms with E-state index in [0.717, 1.165) is 0 Å². The lowest BCUT2D eigenvalue weighted by atomic mass is 9.90. The summed E-state index contributed by atoms with van der Waals surface area (Å²) >= 11 is 0. The fourth-order valence-electron chi connectivity index (χ4n) is 1.07. The molecule has 1 rings (SSSR count). The highest BCUT2D eigenvalue weighted by Crippen LogP contribution is 2.22. The highest BCUT2D eigenvalue weighted by Gasteiger charge is 2.31. The van der Waals surface area contributed by atoms with E-state index >= 15 is 0 Å². The van der Waals surface area contributed by atoms with Crippen molar-refractivity contribution in [1.29, 1.82) is 0 Å². The normalized spacial score (nSPS) is 12.1. The standard InChI is InChI=1S/C10H16N2O2/c1-7(2)12-6-5-8(11-12)10(3,4)9(13)14/h5-7H,1-4H3,(H,13,14).